The predicted molar refractivity (Wildman–Crippen MR) is 93.2 cm³/mol. The summed E-state index contributed by atoms with van der Waals surface area (Å²) < 4.78 is 22.3. The highest BCUT2D eigenvalue weighted by Gasteiger charge is 2.46. The number of likely N-dealkylation sites (N-methyl/N-ethyl adjacent to an activating group) is 1. The molecule has 2 rings (SSSR count). The molecular weight excluding hydrogens is 329 g/mol. The molecule has 1 aromatic rings. The molecule has 0 bridgehead atoms. The van der Waals surface area contributed by atoms with Gasteiger partial charge in [-0.05, 0) is 44.6 Å². The molecule has 1 unspecified atom stereocenters. The van der Waals surface area contributed by atoms with Gasteiger partial charge in [0.2, 0.25) is 0 Å². The zero-order chi connectivity index (χ0) is 17.8. The molecule has 6 nitrogen and oxygen atoms in total. The van der Waals surface area contributed by atoms with Gasteiger partial charge < -0.3 is 19.4 Å². The van der Waals surface area contributed by atoms with Gasteiger partial charge in [0.1, 0.15) is 5.75 Å². The van der Waals surface area contributed by atoms with Gasteiger partial charge in [-0.1, -0.05) is 31.4 Å². The van der Waals surface area contributed by atoms with Crippen molar-refractivity contribution in [1.29, 1.82) is 0 Å². The van der Waals surface area contributed by atoms with Crippen molar-refractivity contribution in [3.63, 3.8) is 0 Å². The molecule has 0 spiro atoms. The highest BCUT2D eigenvalue weighted by molar-refractivity contribution is 7.46. The number of rotatable bonds is 7. The Hall–Kier alpha value is -0.910. The van der Waals surface area contributed by atoms with Crippen molar-refractivity contribution in [3.05, 3.63) is 29.8 Å². The summed E-state index contributed by atoms with van der Waals surface area (Å²) >= 11 is 0. The van der Waals surface area contributed by atoms with E-state index in [1.54, 1.807) is 7.11 Å². The van der Waals surface area contributed by atoms with Crippen LogP contribution in [0, 0.1) is 0 Å². The molecule has 136 valence electrons. The van der Waals surface area contributed by atoms with E-state index in [2.05, 4.69) is 0 Å². The van der Waals surface area contributed by atoms with E-state index >= 15 is 0 Å². The third-order valence-corrected chi connectivity index (χ3v) is 5.30. The fraction of sp³-hybridized carbons (Fsp3) is 0.647. The standard InChI is InChI=1S/C17H28NO5P/c1-18(2)13-16(14-7-9-15(22-3)10-8-14)17(23-24(19,20)21)11-5-4-6-12-17/h7-10,16H,4-6,11-13H2,1-3H3,(H2,19,20,21). The molecule has 1 atom stereocenters. The first kappa shape index (κ1) is 19.4. The maximum absolute atomic E-state index is 11.7. The van der Waals surface area contributed by atoms with Crippen LogP contribution < -0.4 is 4.74 Å². The molecule has 1 fully saturated rings. The van der Waals surface area contributed by atoms with Gasteiger partial charge in [-0.15, -0.1) is 0 Å². The SMILES string of the molecule is COc1ccc(C(CN(C)C)C2(OP(=O)(O)O)CCCCC2)cc1. The fourth-order valence-corrected chi connectivity index (χ4v) is 4.45. The zero-order valence-corrected chi connectivity index (χ0v) is 15.5. The van der Waals surface area contributed by atoms with E-state index in [1.807, 2.05) is 43.3 Å². The van der Waals surface area contributed by atoms with Crippen LogP contribution in [0.15, 0.2) is 24.3 Å². The van der Waals surface area contributed by atoms with Crippen molar-refractivity contribution in [1.82, 2.24) is 4.90 Å². The smallest absolute Gasteiger partial charge is 0.470 e. The third kappa shape index (κ3) is 5.04. The van der Waals surface area contributed by atoms with E-state index in [4.69, 9.17) is 9.26 Å². The van der Waals surface area contributed by atoms with Crippen LogP contribution in [0.2, 0.25) is 0 Å². The van der Waals surface area contributed by atoms with E-state index in [0.29, 0.717) is 19.4 Å². The van der Waals surface area contributed by atoms with Crippen molar-refractivity contribution in [2.45, 2.75) is 43.6 Å². The maximum Gasteiger partial charge on any atom is 0.470 e. The van der Waals surface area contributed by atoms with E-state index < -0.39 is 13.4 Å². The Morgan fingerprint density at radius 2 is 1.75 bits per heavy atom. The molecule has 1 aliphatic carbocycles. The van der Waals surface area contributed by atoms with Crippen LogP contribution in [-0.4, -0.2) is 48.0 Å². The lowest BCUT2D eigenvalue weighted by atomic mass is 9.72. The first-order valence-corrected chi connectivity index (χ1v) is 9.84. The van der Waals surface area contributed by atoms with Gasteiger partial charge in [-0.3, -0.25) is 4.52 Å². The molecular formula is C17H28NO5P. The normalized spacial score (nSPS) is 19.2. The van der Waals surface area contributed by atoms with Crippen LogP contribution in [0.3, 0.4) is 0 Å². The molecule has 1 aliphatic rings. The van der Waals surface area contributed by atoms with Crippen molar-refractivity contribution in [3.8, 4) is 5.75 Å². The molecule has 7 heteroatoms. The van der Waals surface area contributed by atoms with E-state index in [1.165, 1.54) is 0 Å². The molecule has 2 N–H and O–H groups in total. The van der Waals surface area contributed by atoms with Crippen molar-refractivity contribution >= 4 is 7.82 Å². The van der Waals surface area contributed by atoms with Crippen molar-refractivity contribution < 1.29 is 23.6 Å². The molecule has 0 saturated heterocycles. The van der Waals surface area contributed by atoms with Crippen LogP contribution in [0.4, 0.5) is 0 Å². The second-order valence-corrected chi connectivity index (χ2v) is 7.96. The van der Waals surface area contributed by atoms with Crippen LogP contribution >= 0.6 is 7.82 Å². The van der Waals surface area contributed by atoms with Gasteiger partial charge in [0.25, 0.3) is 0 Å². The summed E-state index contributed by atoms with van der Waals surface area (Å²) in [5.41, 5.74) is 0.177. The number of benzene rings is 1. The molecule has 24 heavy (non-hydrogen) atoms. The van der Waals surface area contributed by atoms with E-state index in [-0.39, 0.29) is 5.92 Å². The first-order chi connectivity index (χ1) is 11.3. The molecule has 0 aliphatic heterocycles. The average molecular weight is 357 g/mol. The number of hydrogen-bond donors (Lipinski definition) is 2. The van der Waals surface area contributed by atoms with Gasteiger partial charge in [0.05, 0.1) is 12.7 Å². The van der Waals surface area contributed by atoms with Crippen LogP contribution in [0.25, 0.3) is 0 Å². The lowest BCUT2D eigenvalue weighted by Gasteiger charge is -2.44. The Morgan fingerprint density at radius 1 is 1.17 bits per heavy atom. The van der Waals surface area contributed by atoms with Crippen LogP contribution in [0.5, 0.6) is 5.75 Å². The van der Waals surface area contributed by atoms with Crippen LogP contribution in [-0.2, 0) is 9.09 Å². The average Bonchev–Trinajstić information content (AvgIpc) is 2.52. The molecule has 0 radical (unpaired) electrons. The number of nitrogens with zero attached hydrogens (tertiary/aromatic N) is 1. The number of phosphoric acid groups is 1. The quantitative estimate of drug-likeness (QED) is 0.730. The summed E-state index contributed by atoms with van der Waals surface area (Å²) in [5.74, 6) is 0.641. The van der Waals surface area contributed by atoms with Gasteiger partial charge in [0, 0.05) is 12.5 Å². The van der Waals surface area contributed by atoms with Gasteiger partial charge in [-0.25, -0.2) is 4.57 Å². The highest BCUT2D eigenvalue weighted by Crippen LogP contribution is 2.52. The first-order valence-electron chi connectivity index (χ1n) is 8.31. The lowest BCUT2D eigenvalue weighted by Crippen LogP contribution is -2.44. The summed E-state index contributed by atoms with van der Waals surface area (Å²) in [5, 5.41) is 0. The van der Waals surface area contributed by atoms with E-state index in [9.17, 15) is 14.4 Å². The predicted octanol–water partition coefficient (Wildman–Crippen LogP) is 3.15. The van der Waals surface area contributed by atoms with E-state index in [0.717, 1.165) is 30.6 Å². The topological polar surface area (TPSA) is 79.2 Å². The summed E-state index contributed by atoms with van der Waals surface area (Å²) in [6, 6.07) is 7.69. The molecule has 1 aromatic carbocycles. The minimum absolute atomic E-state index is 0.119. The number of phosphoric ester groups is 1. The lowest BCUT2D eigenvalue weighted by molar-refractivity contribution is -0.0254. The van der Waals surface area contributed by atoms with Gasteiger partial charge in [-0.2, -0.15) is 0 Å². The van der Waals surface area contributed by atoms with Gasteiger partial charge in [0.15, 0.2) is 0 Å². The Kier molecular flexibility index (Phi) is 6.46. The fourth-order valence-electron chi connectivity index (χ4n) is 3.67. The van der Waals surface area contributed by atoms with Crippen molar-refractivity contribution in [2.24, 2.45) is 0 Å². The summed E-state index contributed by atoms with van der Waals surface area (Å²) in [4.78, 5) is 21.0. The van der Waals surface area contributed by atoms with Crippen LogP contribution in [0.1, 0.15) is 43.6 Å². The largest absolute Gasteiger partial charge is 0.497 e. The summed E-state index contributed by atoms with van der Waals surface area (Å²) in [7, 11) is 0.967. The number of methoxy groups -OCH3 is 1. The Labute approximate surface area is 144 Å². The summed E-state index contributed by atoms with van der Waals surface area (Å²) in [6.45, 7) is 0.659. The minimum Gasteiger partial charge on any atom is -0.497 e. The van der Waals surface area contributed by atoms with Gasteiger partial charge >= 0.3 is 7.82 Å². The second kappa shape index (κ2) is 7.98. The zero-order valence-electron chi connectivity index (χ0n) is 14.6. The monoisotopic (exact) mass is 357 g/mol. The third-order valence-electron chi connectivity index (χ3n) is 4.70. The molecule has 0 aromatic heterocycles. The number of ether oxygens (including phenoxy) is 1. The number of hydrogen-bond acceptors (Lipinski definition) is 4. The second-order valence-electron chi connectivity index (χ2n) is 6.80. The molecule has 1 saturated carbocycles. The maximum atomic E-state index is 11.7. The molecule has 0 heterocycles. The molecule has 0 amide bonds. The Bertz CT molecular complexity index is 563. The summed E-state index contributed by atoms with van der Waals surface area (Å²) in [6.07, 6.45) is 4.22. The van der Waals surface area contributed by atoms with Crippen molar-refractivity contribution in [2.75, 3.05) is 27.7 Å². The Morgan fingerprint density at radius 3 is 2.21 bits per heavy atom. The highest BCUT2D eigenvalue weighted by atomic mass is 31.2. The Balaban J connectivity index is 2.42. The minimum atomic E-state index is -4.58.